The van der Waals surface area contributed by atoms with Crippen LogP contribution < -0.4 is 22.1 Å². The van der Waals surface area contributed by atoms with E-state index in [-0.39, 0.29) is 24.3 Å². The van der Waals surface area contributed by atoms with Crippen LogP contribution in [0.4, 0.5) is 13.2 Å². The molecule has 0 aromatic rings. The molecule has 198 valence electrons. The number of nitrogens with one attached hydrogen (secondary N) is 2. The summed E-state index contributed by atoms with van der Waals surface area (Å²) < 4.78 is 37.0. The molecule has 0 bridgehead atoms. The normalized spacial score (nSPS) is 23.1. The summed E-state index contributed by atoms with van der Waals surface area (Å²) in [5.74, 6) is -5.94. The summed E-state index contributed by atoms with van der Waals surface area (Å²) in [6, 6.07) is -2.12. The van der Waals surface area contributed by atoms with Crippen molar-refractivity contribution in [3.05, 3.63) is 11.8 Å². The van der Waals surface area contributed by atoms with Gasteiger partial charge in [0, 0.05) is 19.4 Å². The van der Waals surface area contributed by atoms with Gasteiger partial charge in [-0.15, -0.1) is 0 Å². The minimum Gasteiger partial charge on any atom is -0.478 e. The van der Waals surface area contributed by atoms with Crippen LogP contribution in [0.3, 0.4) is 0 Å². The number of nitrogens with two attached hydrogens (primary N) is 2. The highest BCUT2D eigenvalue weighted by Gasteiger charge is 2.44. The van der Waals surface area contributed by atoms with E-state index in [2.05, 4.69) is 15.6 Å². The van der Waals surface area contributed by atoms with Gasteiger partial charge in [-0.25, -0.2) is 14.6 Å². The van der Waals surface area contributed by atoms with E-state index in [9.17, 15) is 42.9 Å². The molecule has 1 fully saturated rings. The molecule has 0 radical (unpaired) electrons. The molecule has 14 nitrogen and oxygen atoms in total. The number of aliphatic carboxylic acids is 2. The molecule has 1 saturated carbocycles. The summed E-state index contributed by atoms with van der Waals surface area (Å²) in [5, 5.41) is 42.2. The van der Waals surface area contributed by atoms with E-state index in [1.165, 1.54) is 6.92 Å². The van der Waals surface area contributed by atoms with Crippen LogP contribution in [-0.2, 0) is 23.9 Å². The number of alkyl halides is 3. The average Bonchev–Trinajstić information content (AvgIpc) is 3.56. The van der Waals surface area contributed by atoms with Gasteiger partial charge in [-0.1, -0.05) is 0 Å². The highest BCUT2D eigenvalue weighted by Crippen LogP contribution is 2.29. The van der Waals surface area contributed by atoms with Crippen LogP contribution in [0.5, 0.6) is 0 Å². The van der Waals surface area contributed by atoms with Gasteiger partial charge in [-0.05, 0) is 18.9 Å². The maximum Gasteiger partial charge on any atom is 0.490 e. The number of hydrogen-bond donors (Lipinski definition) is 8. The smallest absolute Gasteiger partial charge is 0.478 e. The highest BCUT2D eigenvalue weighted by molar-refractivity contribution is 5.85. The van der Waals surface area contributed by atoms with Crippen molar-refractivity contribution in [1.82, 2.24) is 10.6 Å². The van der Waals surface area contributed by atoms with Crippen molar-refractivity contribution in [2.75, 3.05) is 6.54 Å². The lowest BCUT2D eigenvalue weighted by atomic mass is 9.92. The number of guanidine groups is 1. The number of hydrogen-bond acceptors (Lipinski definition) is 8. The standard InChI is InChI=1S/C16H25N5O7.C2HF3O2/c1-6(22)20-11-8(21-16(17)18)4-10(15(26)27)28-13(11)12(24)9(23)5-19-14(25)7-2-3-7;3-2(4,5)1(6)7/h4,7-9,11-13,23-24H,2-3,5H2,1H3,(H,19,25)(H,20,22)(H,26,27)(H4,17,18,21);(H,6,7)/t8-,9+,11+,12+,13+;/m0./s1. The number of carbonyl (C=O) groups excluding carboxylic acids is 2. The molecule has 0 unspecified atom stereocenters. The number of carboxylic acids is 2. The van der Waals surface area contributed by atoms with E-state index in [0.717, 1.165) is 18.9 Å². The van der Waals surface area contributed by atoms with Gasteiger partial charge in [0.25, 0.3) is 0 Å². The maximum absolute atomic E-state index is 11.7. The Bertz CT molecular complexity index is 872. The molecule has 0 aromatic heterocycles. The van der Waals surface area contributed by atoms with Crippen LogP contribution in [0.15, 0.2) is 16.8 Å². The van der Waals surface area contributed by atoms with Crippen molar-refractivity contribution in [3.8, 4) is 0 Å². The molecule has 0 aromatic carbocycles. The Morgan fingerprint density at radius 1 is 1.20 bits per heavy atom. The molecule has 2 rings (SSSR count). The number of rotatable bonds is 8. The molecular weight excluding hydrogens is 487 g/mol. The Labute approximate surface area is 195 Å². The number of carbonyl (C=O) groups is 4. The first kappa shape index (κ1) is 29.4. The summed E-state index contributed by atoms with van der Waals surface area (Å²) >= 11 is 0. The lowest BCUT2D eigenvalue weighted by molar-refractivity contribution is -0.192. The van der Waals surface area contributed by atoms with Crippen LogP contribution >= 0.6 is 0 Å². The molecular formula is C18H26F3N5O9. The van der Waals surface area contributed by atoms with Crippen molar-refractivity contribution in [2.24, 2.45) is 22.4 Å². The average molecular weight is 513 g/mol. The molecule has 2 aliphatic rings. The molecule has 17 heteroatoms. The zero-order valence-corrected chi connectivity index (χ0v) is 18.2. The maximum atomic E-state index is 11.7. The quantitative estimate of drug-likeness (QED) is 0.123. The molecule has 5 atom stereocenters. The van der Waals surface area contributed by atoms with Gasteiger partial charge in [0.05, 0.1) is 12.1 Å². The number of amides is 2. The molecule has 2 amide bonds. The number of nitrogens with zero attached hydrogens (tertiary/aromatic N) is 1. The molecule has 1 aliphatic heterocycles. The number of halogens is 3. The number of ether oxygens (including phenoxy) is 1. The Kier molecular flexibility index (Phi) is 10.3. The van der Waals surface area contributed by atoms with Crippen LogP contribution in [-0.4, -0.2) is 93.3 Å². The zero-order chi connectivity index (χ0) is 27.1. The fraction of sp³-hybridized carbons (Fsp3) is 0.611. The summed E-state index contributed by atoms with van der Waals surface area (Å²) in [5.41, 5.74) is 10.7. The van der Waals surface area contributed by atoms with Crippen molar-refractivity contribution in [3.63, 3.8) is 0 Å². The number of carboxylic acid groups (broad SMARTS) is 2. The molecule has 1 heterocycles. The third-order valence-corrected chi connectivity index (χ3v) is 4.59. The largest absolute Gasteiger partial charge is 0.490 e. The molecule has 1 aliphatic carbocycles. The predicted octanol–water partition coefficient (Wildman–Crippen LogP) is -2.62. The highest BCUT2D eigenvalue weighted by atomic mass is 19.4. The predicted molar refractivity (Wildman–Crippen MR) is 109 cm³/mol. The number of aliphatic hydroxyl groups is 2. The second kappa shape index (κ2) is 12.2. The van der Waals surface area contributed by atoms with Gasteiger partial charge in [0.1, 0.15) is 18.3 Å². The third-order valence-electron chi connectivity index (χ3n) is 4.59. The van der Waals surface area contributed by atoms with Crippen LogP contribution in [0.2, 0.25) is 0 Å². The van der Waals surface area contributed by atoms with E-state index in [1.807, 2.05) is 0 Å². The second-order valence-electron chi connectivity index (χ2n) is 7.57. The fourth-order valence-corrected chi connectivity index (χ4v) is 2.84. The van der Waals surface area contributed by atoms with Gasteiger partial charge in [-0.3, -0.25) is 9.59 Å². The Morgan fingerprint density at radius 3 is 2.14 bits per heavy atom. The van der Waals surface area contributed by atoms with Gasteiger partial charge >= 0.3 is 18.1 Å². The summed E-state index contributed by atoms with van der Waals surface area (Å²) in [6.45, 7) is 0.932. The van der Waals surface area contributed by atoms with Gasteiger partial charge in [0.2, 0.25) is 17.6 Å². The van der Waals surface area contributed by atoms with Crippen molar-refractivity contribution in [1.29, 1.82) is 0 Å². The summed E-state index contributed by atoms with van der Waals surface area (Å²) in [6.07, 6.45) is -6.98. The third kappa shape index (κ3) is 9.65. The number of aliphatic hydroxyl groups excluding tert-OH is 2. The van der Waals surface area contributed by atoms with E-state index < -0.39 is 60.2 Å². The SMILES string of the molecule is CC(=O)N[C@H]1[C@H]([C@H](O)[C@H](O)CNC(=O)C2CC2)OC(C(=O)O)=C[C@@H]1N=C(N)N.O=C(O)C(F)(F)F. The zero-order valence-electron chi connectivity index (χ0n) is 18.2. The summed E-state index contributed by atoms with van der Waals surface area (Å²) in [4.78, 5) is 47.4. The van der Waals surface area contributed by atoms with Gasteiger partial charge in [-0.2, -0.15) is 13.2 Å². The Balaban J connectivity index is 0.000000762. The minimum atomic E-state index is -5.08. The topological polar surface area (TPSA) is 247 Å². The fourth-order valence-electron chi connectivity index (χ4n) is 2.84. The van der Waals surface area contributed by atoms with Crippen molar-refractivity contribution < 1.29 is 57.5 Å². The molecule has 10 N–H and O–H groups in total. The Morgan fingerprint density at radius 2 is 1.74 bits per heavy atom. The van der Waals surface area contributed by atoms with Gasteiger partial charge in [0.15, 0.2) is 5.96 Å². The van der Waals surface area contributed by atoms with Gasteiger partial charge < -0.3 is 47.3 Å². The second-order valence-corrected chi connectivity index (χ2v) is 7.57. The van der Waals surface area contributed by atoms with E-state index in [1.54, 1.807) is 0 Å². The minimum absolute atomic E-state index is 0.0878. The lowest BCUT2D eigenvalue weighted by Crippen LogP contribution is -2.60. The van der Waals surface area contributed by atoms with Crippen molar-refractivity contribution >= 4 is 29.7 Å². The molecule has 35 heavy (non-hydrogen) atoms. The van der Waals surface area contributed by atoms with E-state index in [4.69, 9.17) is 26.1 Å². The first-order chi connectivity index (χ1) is 16.0. The molecule has 0 saturated heterocycles. The van der Waals surface area contributed by atoms with Crippen molar-refractivity contribution in [2.45, 2.75) is 56.3 Å². The van der Waals surface area contributed by atoms with Crippen LogP contribution in [0, 0.1) is 5.92 Å². The number of aliphatic imine (C=N–C) groups is 1. The monoisotopic (exact) mass is 513 g/mol. The first-order valence-electron chi connectivity index (χ1n) is 9.96. The molecule has 0 spiro atoms. The van der Waals surface area contributed by atoms with E-state index in [0.29, 0.717) is 0 Å². The first-order valence-corrected chi connectivity index (χ1v) is 9.96. The van der Waals surface area contributed by atoms with Crippen LogP contribution in [0.25, 0.3) is 0 Å². The lowest BCUT2D eigenvalue weighted by Gasteiger charge is -2.38. The Hall–Kier alpha value is -3.60. The van der Waals surface area contributed by atoms with Crippen LogP contribution in [0.1, 0.15) is 19.8 Å². The summed E-state index contributed by atoms with van der Waals surface area (Å²) in [7, 11) is 0. The van der Waals surface area contributed by atoms with E-state index >= 15 is 0 Å².